The lowest BCUT2D eigenvalue weighted by molar-refractivity contribution is 0.0859. The molecule has 1 amide bonds. The highest BCUT2D eigenvalue weighted by molar-refractivity contribution is 6.06. The Morgan fingerprint density at radius 3 is 3.00 bits per heavy atom. The molecular weight excluding hydrogens is 282 g/mol. The highest BCUT2D eigenvalue weighted by atomic mass is 16.5. The molecule has 3 rings (SSSR count). The summed E-state index contributed by atoms with van der Waals surface area (Å²) in [7, 11) is 0. The van der Waals surface area contributed by atoms with Crippen molar-refractivity contribution in [1.29, 1.82) is 0 Å². The number of rotatable bonds is 4. The van der Waals surface area contributed by atoms with Gasteiger partial charge in [-0.05, 0) is 31.7 Å². The Morgan fingerprint density at radius 1 is 1.50 bits per heavy atom. The van der Waals surface area contributed by atoms with Crippen LogP contribution in [0.1, 0.15) is 54.4 Å². The van der Waals surface area contributed by atoms with Crippen LogP contribution in [-0.2, 0) is 4.74 Å². The molecule has 1 unspecified atom stereocenters. The van der Waals surface area contributed by atoms with Crippen molar-refractivity contribution in [3.05, 3.63) is 23.0 Å². The quantitative estimate of drug-likeness (QED) is 0.939. The van der Waals surface area contributed by atoms with Crippen molar-refractivity contribution in [1.82, 2.24) is 15.5 Å². The summed E-state index contributed by atoms with van der Waals surface area (Å²) in [6.45, 7) is 7.20. The molecule has 2 aromatic heterocycles. The van der Waals surface area contributed by atoms with E-state index in [0.717, 1.165) is 25.1 Å². The van der Waals surface area contributed by atoms with E-state index in [1.807, 2.05) is 26.8 Å². The Labute approximate surface area is 129 Å². The van der Waals surface area contributed by atoms with E-state index in [2.05, 4.69) is 15.5 Å². The van der Waals surface area contributed by atoms with Gasteiger partial charge >= 0.3 is 0 Å². The summed E-state index contributed by atoms with van der Waals surface area (Å²) in [5.41, 5.74) is 2.50. The van der Waals surface area contributed by atoms with Crippen LogP contribution in [0.5, 0.6) is 0 Å². The van der Waals surface area contributed by atoms with Crippen LogP contribution in [0, 0.1) is 6.92 Å². The van der Waals surface area contributed by atoms with E-state index in [9.17, 15) is 4.79 Å². The lowest BCUT2D eigenvalue weighted by atomic mass is 10.0. The monoisotopic (exact) mass is 303 g/mol. The van der Waals surface area contributed by atoms with Gasteiger partial charge in [-0.2, -0.15) is 0 Å². The molecule has 0 aromatic carbocycles. The van der Waals surface area contributed by atoms with Gasteiger partial charge in [0.05, 0.1) is 22.7 Å². The average molecular weight is 303 g/mol. The maximum Gasteiger partial charge on any atom is 0.259 e. The van der Waals surface area contributed by atoms with Gasteiger partial charge in [0, 0.05) is 18.8 Å². The lowest BCUT2D eigenvalue weighted by Crippen LogP contribution is -2.32. The average Bonchev–Trinajstić information content (AvgIpc) is 3.14. The summed E-state index contributed by atoms with van der Waals surface area (Å²) in [4.78, 5) is 17.0. The van der Waals surface area contributed by atoms with Crippen molar-refractivity contribution in [2.75, 3.05) is 13.2 Å². The number of amides is 1. The predicted molar refractivity (Wildman–Crippen MR) is 81.9 cm³/mol. The summed E-state index contributed by atoms with van der Waals surface area (Å²) in [5.74, 6) is 0.0793. The summed E-state index contributed by atoms with van der Waals surface area (Å²) in [6.07, 6.45) is 2.17. The van der Waals surface area contributed by atoms with Crippen molar-refractivity contribution in [3.8, 4) is 0 Å². The number of hydrogen-bond acceptors (Lipinski definition) is 5. The van der Waals surface area contributed by atoms with Gasteiger partial charge in [0.25, 0.3) is 11.6 Å². The van der Waals surface area contributed by atoms with Crippen molar-refractivity contribution in [3.63, 3.8) is 0 Å². The van der Waals surface area contributed by atoms with Crippen LogP contribution in [-0.4, -0.2) is 35.3 Å². The maximum atomic E-state index is 12.6. The van der Waals surface area contributed by atoms with E-state index >= 15 is 0 Å². The van der Waals surface area contributed by atoms with Gasteiger partial charge in [0.2, 0.25) is 0 Å². The lowest BCUT2D eigenvalue weighted by Gasteiger charge is -2.12. The second-order valence-corrected chi connectivity index (χ2v) is 6.04. The number of carbonyl (C=O) groups is 1. The number of hydrogen-bond donors (Lipinski definition) is 1. The van der Waals surface area contributed by atoms with Crippen LogP contribution >= 0.6 is 0 Å². The molecule has 0 spiro atoms. The first-order chi connectivity index (χ1) is 10.6. The Bertz CT molecular complexity index is 687. The third-order valence-corrected chi connectivity index (χ3v) is 3.99. The minimum absolute atomic E-state index is 0.120. The molecule has 1 aliphatic heterocycles. The van der Waals surface area contributed by atoms with Crippen LogP contribution in [0.2, 0.25) is 0 Å². The van der Waals surface area contributed by atoms with E-state index < -0.39 is 0 Å². The van der Waals surface area contributed by atoms with E-state index in [4.69, 9.17) is 9.26 Å². The molecule has 118 valence electrons. The molecule has 2 aromatic rings. The highest BCUT2D eigenvalue weighted by Gasteiger charge is 2.21. The van der Waals surface area contributed by atoms with Gasteiger partial charge < -0.3 is 14.6 Å². The molecule has 1 aliphatic rings. The molecule has 0 radical (unpaired) electrons. The fourth-order valence-corrected chi connectivity index (χ4v) is 2.70. The second kappa shape index (κ2) is 6.04. The van der Waals surface area contributed by atoms with E-state index in [-0.39, 0.29) is 17.9 Å². The van der Waals surface area contributed by atoms with Gasteiger partial charge in [-0.25, -0.2) is 4.98 Å². The first-order valence-corrected chi connectivity index (χ1v) is 7.73. The zero-order valence-electron chi connectivity index (χ0n) is 13.2. The highest BCUT2D eigenvalue weighted by Crippen LogP contribution is 2.25. The van der Waals surface area contributed by atoms with Gasteiger partial charge in [-0.1, -0.05) is 19.0 Å². The molecule has 3 heterocycles. The first-order valence-electron chi connectivity index (χ1n) is 7.73. The summed E-state index contributed by atoms with van der Waals surface area (Å²) in [5, 5.41) is 7.58. The molecule has 0 saturated carbocycles. The number of nitrogens with one attached hydrogen (secondary N) is 1. The minimum Gasteiger partial charge on any atom is -0.376 e. The van der Waals surface area contributed by atoms with Gasteiger partial charge in [-0.15, -0.1) is 0 Å². The Hall–Kier alpha value is -1.95. The smallest absolute Gasteiger partial charge is 0.259 e. The molecule has 1 N–H and O–H groups in total. The number of ether oxygens (including phenoxy) is 1. The normalized spacial score (nSPS) is 18.3. The van der Waals surface area contributed by atoms with E-state index in [1.165, 1.54) is 0 Å². The molecule has 1 saturated heterocycles. The van der Waals surface area contributed by atoms with Crippen molar-refractivity contribution in [2.45, 2.75) is 45.6 Å². The molecule has 6 heteroatoms. The maximum absolute atomic E-state index is 12.6. The van der Waals surface area contributed by atoms with Crippen LogP contribution < -0.4 is 5.32 Å². The van der Waals surface area contributed by atoms with Crippen LogP contribution in [0.25, 0.3) is 11.1 Å². The molecule has 6 nitrogen and oxygen atoms in total. The van der Waals surface area contributed by atoms with Crippen molar-refractivity contribution >= 4 is 17.0 Å². The van der Waals surface area contributed by atoms with Crippen molar-refractivity contribution < 1.29 is 14.1 Å². The molecule has 1 fully saturated rings. The third-order valence-electron chi connectivity index (χ3n) is 3.99. The van der Waals surface area contributed by atoms with Crippen LogP contribution in [0.4, 0.5) is 0 Å². The summed E-state index contributed by atoms with van der Waals surface area (Å²) < 4.78 is 10.8. The number of fused-ring (bicyclic) bond motifs is 1. The Balaban J connectivity index is 1.89. The number of aromatic nitrogens is 2. The van der Waals surface area contributed by atoms with Gasteiger partial charge in [0.1, 0.15) is 0 Å². The predicted octanol–water partition coefficient (Wildman–Crippen LogP) is 2.56. The zero-order valence-corrected chi connectivity index (χ0v) is 13.2. The third kappa shape index (κ3) is 2.83. The number of pyridine rings is 1. The van der Waals surface area contributed by atoms with Gasteiger partial charge in [-0.3, -0.25) is 4.79 Å². The minimum atomic E-state index is -0.129. The standard InChI is InChI=1S/C16H21N3O3/c1-9(2)13-7-12(14-10(3)19-22-16(14)18-13)15(20)17-8-11-5-4-6-21-11/h7,9,11H,4-6,8H2,1-3H3,(H,17,20). The summed E-state index contributed by atoms with van der Waals surface area (Å²) in [6, 6.07) is 1.84. The molecule has 1 atom stereocenters. The molecular formula is C16H21N3O3. The number of nitrogens with zero attached hydrogens (tertiary/aromatic N) is 2. The SMILES string of the molecule is Cc1noc2nc(C(C)C)cc(C(=O)NCC3CCCO3)c12. The first kappa shape index (κ1) is 15.0. The van der Waals surface area contributed by atoms with E-state index in [0.29, 0.717) is 28.9 Å². The number of carbonyl (C=O) groups excluding carboxylic acids is 1. The fraction of sp³-hybridized carbons (Fsp3) is 0.562. The van der Waals surface area contributed by atoms with Crippen LogP contribution in [0.15, 0.2) is 10.6 Å². The van der Waals surface area contributed by atoms with Gasteiger partial charge in [0.15, 0.2) is 0 Å². The largest absolute Gasteiger partial charge is 0.376 e. The Morgan fingerprint density at radius 2 is 2.32 bits per heavy atom. The Kier molecular flexibility index (Phi) is 4.11. The molecule has 22 heavy (non-hydrogen) atoms. The summed E-state index contributed by atoms with van der Waals surface area (Å²) >= 11 is 0. The molecule has 0 aliphatic carbocycles. The second-order valence-electron chi connectivity index (χ2n) is 6.04. The number of aryl methyl sites for hydroxylation is 1. The zero-order chi connectivity index (χ0) is 15.7. The molecule has 0 bridgehead atoms. The van der Waals surface area contributed by atoms with Crippen molar-refractivity contribution in [2.24, 2.45) is 0 Å². The topological polar surface area (TPSA) is 77.2 Å². The van der Waals surface area contributed by atoms with E-state index in [1.54, 1.807) is 0 Å². The van der Waals surface area contributed by atoms with Crippen LogP contribution in [0.3, 0.4) is 0 Å². The fourth-order valence-electron chi connectivity index (χ4n) is 2.70.